The van der Waals surface area contributed by atoms with E-state index in [0.29, 0.717) is 0 Å². The first-order valence-electron chi connectivity index (χ1n) is 9.46. The fraction of sp³-hybridized carbons (Fsp3) is 0.318. The Labute approximate surface area is 164 Å². The van der Waals surface area contributed by atoms with Gasteiger partial charge in [-0.25, -0.2) is 0 Å². The van der Waals surface area contributed by atoms with Gasteiger partial charge in [0.2, 0.25) is 0 Å². The van der Waals surface area contributed by atoms with Gasteiger partial charge in [0.15, 0.2) is 5.76 Å². The minimum absolute atomic E-state index is 0.151. The lowest BCUT2D eigenvalue weighted by atomic mass is 10.00. The third kappa shape index (κ3) is 4.66. The summed E-state index contributed by atoms with van der Waals surface area (Å²) in [5.74, 6) is 1.85. The van der Waals surface area contributed by atoms with Crippen molar-refractivity contribution in [2.24, 2.45) is 4.99 Å². The van der Waals surface area contributed by atoms with Crippen molar-refractivity contribution in [1.29, 1.82) is 0 Å². The monoisotopic (exact) mass is 380 g/mol. The van der Waals surface area contributed by atoms with Crippen molar-refractivity contribution in [3.63, 3.8) is 0 Å². The molecule has 5 heteroatoms. The molecule has 1 unspecified atom stereocenters. The van der Waals surface area contributed by atoms with Crippen molar-refractivity contribution < 1.29 is 9.47 Å². The standard InChI is InChI=1S/C22H24N2O2S/c1-2-7-17(8-3-1)15-21(19-16-25-13-14-26-19)27-20-10-5-4-9-18(20)22-23-11-6-12-24-22/h1-2,4-5,7,9-10,13-14,16,21H,3,6,8,11-12,15H2,(H,23,24). The van der Waals surface area contributed by atoms with Gasteiger partial charge in [-0.1, -0.05) is 42.0 Å². The van der Waals surface area contributed by atoms with E-state index in [9.17, 15) is 0 Å². The summed E-state index contributed by atoms with van der Waals surface area (Å²) in [4.78, 5) is 5.90. The van der Waals surface area contributed by atoms with E-state index in [1.165, 1.54) is 10.5 Å². The molecule has 2 aliphatic heterocycles. The predicted octanol–water partition coefficient (Wildman–Crippen LogP) is 4.91. The number of aliphatic imine (C=N–C) groups is 1. The highest BCUT2D eigenvalue weighted by molar-refractivity contribution is 8.00. The zero-order chi connectivity index (χ0) is 18.3. The maximum atomic E-state index is 5.78. The SMILES string of the molecule is C1=CCCC(CC(Sc2ccccc2C2=NCCCN2)C2=COC=CO2)=C1. The highest BCUT2D eigenvalue weighted by atomic mass is 32.2. The van der Waals surface area contributed by atoms with Crippen LogP contribution in [0.3, 0.4) is 0 Å². The van der Waals surface area contributed by atoms with Crippen molar-refractivity contribution >= 4 is 17.6 Å². The maximum absolute atomic E-state index is 5.78. The second-order valence-electron chi connectivity index (χ2n) is 6.66. The number of allylic oxidation sites excluding steroid dienone is 4. The minimum atomic E-state index is 0.151. The van der Waals surface area contributed by atoms with E-state index in [1.54, 1.807) is 18.8 Å². The molecule has 4 rings (SSSR count). The lowest BCUT2D eigenvalue weighted by molar-refractivity contribution is 0.248. The lowest BCUT2D eigenvalue weighted by Gasteiger charge is -2.24. The molecule has 4 nitrogen and oxygen atoms in total. The summed E-state index contributed by atoms with van der Waals surface area (Å²) in [7, 11) is 0. The van der Waals surface area contributed by atoms with Crippen LogP contribution in [-0.4, -0.2) is 24.2 Å². The Morgan fingerprint density at radius 2 is 2.19 bits per heavy atom. The molecular weight excluding hydrogens is 356 g/mol. The Hall–Kier alpha value is -2.40. The fourth-order valence-corrected chi connectivity index (χ4v) is 4.60. The molecular formula is C22H24N2O2S. The summed E-state index contributed by atoms with van der Waals surface area (Å²) in [5.41, 5.74) is 2.61. The zero-order valence-corrected chi connectivity index (χ0v) is 16.1. The highest BCUT2D eigenvalue weighted by Crippen LogP contribution is 2.37. The average Bonchev–Trinajstić information content (AvgIpc) is 2.76. The van der Waals surface area contributed by atoms with Gasteiger partial charge in [0.25, 0.3) is 0 Å². The highest BCUT2D eigenvalue weighted by Gasteiger charge is 2.23. The molecule has 27 heavy (non-hydrogen) atoms. The quantitative estimate of drug-likeness (QED) is 0.712. The molecule has 0 aromatic heterocycles. The molecule has 0 amide bonds. The average molecular weight is 381 g/mol. The number of benzene rings is 1. The van der Waals surface area contributed by atoms with E-state index < -0.39 is 0 Å². The predicted molar refractivity (Wildman–Crippen MR) is 111 cm³/mol. The van der Waals surface area contributed by atoms with Gasteiger partial charge in [-0.3, -0.25) is 4.99 Å². The second kappa shape index (κ2) is 9.00. The summed E-state index contributed by atoms with van der Waals surface area (Å²) in [6.07, 6.45) is 15.7. The molecule has 1 aliphatic carbocycles. The number of amidine groups is 1. The summed E-state index contributed by atoms with van der Waals surface area (Å²) in [6, 6.07) is 8.47. The van der Waals surface area contributed by atoms with Crippen LogP contribution in [0.2, 0.25) is 0 Å². The van der Waals surface area contributed by atoms with Crippen molar-refractivity contribution in [2.45, 2.75) is 35.8 Å². The van der Waals surface area contributed by atoms with Crippen molar-refractivity contribution in [2.75, 3.05) is 13.1 Å². The van der Waals surface area contributed by atoms with Crippen LogP contribution in [0.25, 0.3) is 0 Å². The molecule has 0 fully saturated rings. The fourth-order valence-electron chi connectivity index (χ4n) is 3.32. The molecule has 1 aromatic carbocycles. The van der Waals surface area contributed by atoms with E-state index in [2.05, 4.69) is 52.8 Å². The Morgan fingerprint density at radius 1 is 1.22 bits per heavy atom. The molecule has 140 valence electrons. The number of nitrogens with one attached hydrogen (secondary N) is 1. The Bertz CT molecular complexity index is 823. The summed E-state index contributed by atoms with van der Waals surface area (Å²) < 4.78 is 11.2. The molecule has 3 aliphatic rings. The molecule has 2 heterocycles. The van der Waals surface area contributed by atoms with Crippen LogP contribution in [0.4, 0.5) is 0 Å². The first-order chi connectivity index (χ1) is 13.4. The molecule has 0 bridgehead atoms. The third-order valence-corrected chi connectivity index (χ3v) is 5.99. The van der Waals surface area contributed by atoms with E-state index in [-0.39, 0.29) is 5.25 Å². The normalized spacial score (nSPS) is 19.8. The molecule has 1 N–H and O–H groups in total. The van der Waals surface area contributed by atoms with Crippen LogP contribution < -0.4 is 5.32 Å². The number of hydrogen-bond acceptors (Lipinski definition) is 5. The first kappa shape index (κ1) is 18.0. The van der Waals surface area contributed by atoms with Gasteiger partial charge in [-0.15, -0.1) is 11.8 Å². The van der Waals surface area contributed by atoms with Crippen molar-refractivity contribution in [3.05, 3.63) is 78.2 Å². The number of ether oxygens (including phenoxy) is 2. The number of hydrogen-bond donors (Lipinski definition) is 1. The van der Waals surface area contributed by atoms with Crippen LogP contribution in [0.5, 0.6) is 0 Å². The topological polar surface area (TPSA) is 42.9 Å². The zero-order valence-electron chi connectivity index (χ0n) is 15.3. The largest absolute Gasteiger partial charge is 0.466 e. The summed E-state index contributed by atoms with van der Waals surface area (Å²) in [6.45, 7) is 1.87. The molecule has 1 atom stereocenters. The number of rotatable bonds is 6. The molecule has 1 aromatic rings. The van der Waals surface area contributed by atoms with E-state index in [4.69, 9.17) is 9.47 Å². The number of nitrogens with zero attached hydrogens (tertiary/aromatic N) is 1. The van der Waals surface area contributed by atoms with Gasteiger partial charge >= 0.3 is 0 Å². The summed E-state index contributed by atoms with van der Waals surface area (Å²) in [5, 5.41) is 3.60. The maximum Gasteiger partial charge on any atom is 0.152 e. The molecule has 0 saturated carbocycles. The van der Waals surface area contributed by atoms with E-state index in [0.717, 1.165) is 55.9 Å². The lowest BCUT2D eigenvalue weighted by Crippen LogP contribution is -2.30. The smallest absolute Gasteiger partial charge is 0.152 e. The van der Waals surface area contributed by atoms with E-state index >= 15 is 0 Å². The van der Waals surface area contributed by atoms with Crippen LogP contribution in [-0.2, 0) is 9.47 Å². The molecule has 0 saturated heterocycles. The van der Waals surface area contributed by atoms with Crippen LogP contribution in [0.1, 0.15) is 31.2 Å². The van der Waals surface area contributed by atoms with E-state index in [1.807, 2.05) is 11.8 Å². The van der Waals surface area contributed by atoms with Gasteiger partial charge in [0.1, 0.15) is 24.6 Å². The Kier molecular flexibility index (Phi) is 5.99. The van der Waals surface area contributed by atoms with Gasteiger partial charge in [0, 0.05) is 23.5 Å². The van der Waals surface area contributed by atoms with Crippen LogP contribution in [0, 0.1) is 0 Å². The molecule has 0 spiro atoms. The third-order valence-electron chi connectivity index (χ3n) is 4.70. The van der Waals surface area contributed by atoms with Crippen LogP contribution >= 0.6 is 11.8 Å². The first-order valence-corrected chi connectivity index (χ1v) is 10.3. The van der Waals surface area contributed by atoms with Gasteiger partial charge in [-0.2, -0.15) is 0 Å². The van der Waals surface area contributed by atoms with Crippen molar-refractivity contribution in [1.82, 2.24) is 5.32 Å². The molecule has 0 radical (unpaired) electrons. The number of thioether (sulfide) groups is 1. The van der Waals surface area contributed by atoms with Gasteiger partial charge < -0.3 is 14.8 Å². The van der Waals surface area contributed by atoms with Gasteiger partial charge in [-0.05, 0) is 31.7 Å². The second-order valence-corrected chi connectivity index (χ2v) is 7.90. The summed E-state index contributed by atoms with van der Waals surface area (Å²) >= 11 is 1.82. The Balaban J connectivity index is 1.59. The van der Waals surface area contributed by atoms with Crippen LogP contribution in [0.15, 0.2) is 82.5 Å². The minimum Gasteiger partial charge on any atom is -0.466 e. The van der Waals surface area contributed by atoms with Gasteiger partial charge in [0.05, 0.1) is 5.25 Å². The Morgan fingerprint density at radius 3 is 2.96 bits per heavy atom. The van der Waals surface area contributed by atoms with Crippen molar-refractivity contribution in [3.8, 4) is 0 Å².